The van der Waals surface area contributed by atoms with E-state index < -0.39 is 35.1 Å². The summed E-state index contributed by atoms with van der Waals surface area (Å²) in [6.07, 6.45) is 8.09. The number of benzene rings is 1. The van der Waals surface area contributed by atoms with Crippen LogP contribution in [0.25, 0.3) is 0 Å². The Labute approximate surface area is 220 Å². The fraction of sp³-hybridized carbons (Fsp3) is 0.519. The highest BCUT2D eigenvalue weighted by Gasteiger charge is 2.37. The van der Waals surface area contributed by atoms with E-state index in [-0.39, 0.29) is 18.2 Å². The molecule has 0 radical (unpaired) electrons. The number of carbonyl (C=O) groups excluding carboxylic acids is 2. The number of hydrogen-bond acceptors (Lipinski definition) is 6. The quantitative estimate of drug-likeness (QED) is 0.316. The molecule has 11 heteroatoms. The first-order valence-corrected chi connectivity index (χ1v) is 12.9. The molecule has 9 nitrogen and oxygen atoms in total. The zero-order valence-corrected chi connectivity index (χ0v) is 21.7. The Morgan fingerprint density at radius 2 is 1.95 bits per heavy atom. The fourth-order valence-corrected chi connectivity index (χ4v) is 4.80. The maximum Gasteiger partial charge on any atom is 0.251 e. The van der Waals surface area contributed by atoms with E-state index in [1.807, 2.05) is 0 Å². The number of nitrogens with one attached hydrogen (secondary N) is 1. The van der Waals surface area contributed by atoms with Crippen LogP contribution in [0.15, 0.2) is 42.3 Å². The second kappa shape index (κ2) is 12.0. The van der Waals surface area contributed by atoms with E-state index in [1.54, 1.807) is 30.8 Å². The Bertz CT molecular complexity index is 1150. The van der Waals surface area contributed by atoms with Gasteiger partial charge in [0, 0.05) is 24.9 Å². The Kier molecular flexibility index (Phi) is 8.78. The van der Waals surface area contributed by atoms with Gasteiger partial charge in [-0.2, -0.15) is 5.10 Å². The number of amides is 2. The van der Waals surface area contributed by atoms with Crippen LogP contribution in [-0.4, -0.2) is 56.6 Å². The standard InChI is InChI=1S/C27H34F2N4O5/c1-27(2,36)37-14-6-12-32-13-11-23(31-32)30-26(35)22(15-18-7-3-4-8-18)33-17-19(16-24(33)34)38-25-20(28)9-5-10-21(25)29/h5,9-11,13,16,18,22,36H,3-4,6-8,12,14-15,17H2,1-2H3,(H,30,31,35)/t22-/m0/s1. The van der Waals surface area contributed by atoms with Crippen molar-refractivity contribution in [3.05, 3.63) is 53.9 Å². The first-order valence-electron chi connectivity index (χ1n) is 12.9. The summed E-state index contributed by atoms with van der Waals surface area (Å²) in [4.78, 5) is 27.7. The highest BCUT2D eigenvalue weighted by atomic mass is 19.1. The Hall–Kier alpha value is -3.31. The lowest BCUT2D eigenvalue weighted by Crippen LogP contribution is -2.46. The lowest BCUT2D eigenvalue weighted by Gasteiger charge is -2.29. The smallest absolute Gasteiger partial charge is 0.251 e. The van der Waals surface area contributed by atoms with Crippen LogP contribution in [0.3, 0.4) is 0 Å². The number of nitrogens with zero attached hydrogens (tertiary/aromatic N) is 3. The molecule has 2 aromatic rings. The van der Waals surface area contributed by atoms with Gasteiger partial charge in [0.2, 0.25) is 5.91 Å². The zero-order valence-electron chi connectivity index (χ0n) is 21.7. The van der Waals surface area contributed by atoms with Gasteiger partial charge in [-0.15, -0.1) is 0 Å². The number of rotatable bonds is 12. The molecular formula is C27H34F2N4O5. The molecule has 0 saturated heterocycles. The highest BCUT2D eigenvalue weighted by Crippen LogP contribution is 2.32. The van der Waals surface area contributed by atoms with Crippen LogP contribution in [-0.2, 0) is 20.9 Å². The summed E-state index contributed by atoms with van der Waals surface area (Å²) < 4.78 is 40.5. The van der Waals surface area contributed by atoms with Crippen molar-refractivity contribution in [2.75, 3.05) is 18.5 Å². The molecule has 0 unspecified atom stereocenters. The van der Waals surface area contributed by atoms with Crippen molar-refractivity contribution in [2.24, 2.45) is 5.92 Å². The lowest BCUT2D eigenvalue weighted by atomic mass is 9.96. The molecule has 0 spiro atoms. The first-order chi connectivity index (χ1) is 18.1. The van der Waals surface area contributed by atoms with Gasteiger partial charge in [0.1, 0.15) is 11.8 Å². The van der Waals surface area contributed by atoms with Gasteiger partial charge in [-0.1, -0.05) is 31.7 Å². The number of aliphatic hydroxyl groups is 1. The number of ether oxygens (including phenoxy) is 2. The van der Waals surface area contributed by atoms with Crippen molar-refractivity contribution in [3.63, 3.8) is 0 Å². The van der Waals surface area contributed by atoms with E-state index in [2.05, 4.69) is 10.4 Å². The monoisotopic (exact) mass is 532 g/mol. The van der Waals surface area contributed by atoms with Gasteiger partial charge in [-0.25, -0.2) is 8.78 Å². The van der Waals surface area contributed by atoms with Crippen molar-refractivity contribution >= 4 is 17.6 Å². The Morgan fingerprint density at radius 3 is 2.63 bits per heavy atom. The van der Waals surface area contributed by atoms with Crippen molar-refractivity contribution in [2.45, 2.75) is 70.7 Å². The number of carbonyl (C=O) groups is 2. The minimum atomic E-state index is -1.20. The molecule has 1 aliphatic heterocycles. The molecule has 1 fully saturated rings. The van der Waals surface area contributed by atoms with Crippen molar-refractivity contribution in [1.29, 1.82) is 0 Å². The molecule has 2 heterocycles. The summed E-state index contributed by atoms with van der Waals surface area (Å²) >= 11 is 0. The second-order valence-electron chi connectivity index (χ2n) is 10.2. The van der Waals surface area contributed by atoms with Crippen LogP contribution in [0.2, 0.25) is 0 Å². The van der Waals surface area contributed by atoms with E-state index in [0.717, 1.165) is 37.8 Å². The minimum Gasteiger partial charge on any atom is -0.453 e. The number of anilines is 1. The SMILES string of the molecule is CC(C)(O)OCCCn1ccc(NC(=O)[C@H](CC2CCCC2)N2CC(Oc3c(F)cccc3F)=CC2=O)n1. The van der Waals surface area contributed by atoms with Gasteiger partial charge in [0.25, 0.3) is 5.91 Å². The van der Waals surface area contributed by atoms with E-state index >= 15 is 0 Å². The van der Waals surface area contributed by atoms with Crippen molar-refractivity contribution in [1.82, 2.24) is 14.7 Å². The van der Waals surface area contributed by atoms with Gasteiger partial charge in [0.15, 0.2) is 29.0 Å². The molecule has 2 aliphatic rings. The molecule has 1 aliphatic carbocycles. The maximum absolute atomic E-state index is 14.1. The third kappa shape index (κ3) is 7.38. The van der Waals surface area contributed by atoms with E-state index in [0.29, 0.717) is 37.7 Å². The summed E-state index contributed by atoms with van der Waals surface area (Å²) in [6, 6.07) is 4.25. The predicted molar refractivity (Wildman–Crippen MR) is 135 cm³/mol. The van der Waals surface area contributed by atoms with E-state index in [1.165, 1.54) is 17.0 Å². The molecule has 1 atom stereocenters. The summed E-state index contributed by atoms with van der Waals surface area (Å²) in [5, 5.41) is 16.8. The molecule has 1 saturated carbocycles. The van der Waals surface area contributed by atoms with E-state index in [4.69, 9.17) is 9.47 Å². The van der Waals surface area contributed by atoms with Gasteiger partial charge >= 0.3 is 0 Å². The highest BCUT2D eigenvalue weighted by molar-refractivity contribution is 5.99. The number of aryl methyl sites for hydroxylation is 1. The van der Waals surface area contributed by atoms with Crippen LogP contribution in [0, 0.1) is 17.6 Å². The Morgan fingerprint density at radius 1 is 1.24 bits per heavy atom. The number of halogens is 2. The van der Waals surface area contributed by atoms with Crippen LogP contribution >= 0.6 is 0 Å². The third-order valence-corrected chi connectivity index (χ3v) is 6.63. The van der Waals surface area contributed by atoms with Gasteiger partial charge < -0.3 is 24.8 Å². The van der Waals surface area contributed by atoms with Gasteiger partial charge in [-0.05, 0) is 44.7 Å². The molecule has 2 amide bonds. The summed E-state index contributed by atoms with van der Waals surface area (Å²) in [6.45, 7) is 3.92. The van der Waals surface area contributed by atoms with Crippen LogP contribution in [0.1, 0.15) is 52.4 Å². The van der Waals surface area contributed by atoms with Crippen LogP contribution in [0.5, 0.6) is 5.75 Å². The summed E-state index contributed by atoms with van der Waals surface area (Å²) in [7, 11) is 0. The van der Waals surface area contributed by atoms with Crippen LogP contribution in [0.4, 0.5) is 14.6 Å². The maximum atomic E-state index is 14.1. The number of para-hydroxylation sites is 1. The molecule has 38 heavy (non-hydrogen) atoms. The number of aromatic nitrogens is 2. The normalized spacial score (nSPS) is 17.1. The van der Waals surface area contributed by atoms with Gasteiger partial charge in [0.05, 0.1) is 13.2 Å². The topological polar surface area (TPSA) is 106 Å². The van der Waals surface area contributed by atoms with Crippen LogP contribution < -0.4 is 10.1 Å². The molecule has 4 rings (SSSR count). The van der Waals surface area contributed by atoms with Crippen molar-refractivity contribution in [3.8, 4) is 5.75 Å². The van der Waals surface area contributed by atoms with Crippen molar-refractivity contribution < 1.29 is 33.0 Å². The fourth-order valence-electron chi connectivity index (χ4n) is 4.80. The third-order valence-electron chi connectivity index (χ3n) is 6.63. The van der Waals surface area contributed by atoms with Gasteiger partial charge in [-0.3, -0.25) is 14.3 Å². The second-order valence-corrected chi connectivity index (χ2v) is 10.2. The minimum absolute atomic E-state index is 0.0702. The zero-order chi connectivity index (χ0) is 27.3. The average Bonchev–Trinajstić information content (AvgIpc) is 3.59. The summed E-state index contributed by atoms with van der Waals surface area (Å²) in [5.41, 5.74) is 0. The first kappa shape index (κ1) is 27.7. The number of hydrogen-bond donors (Lipinski definition) is 2. The Balaban J connectivity index is 1.40. The predicted octanol–water partition coefficient (Wildman–Crippen LogP) is 3.99. The largest absolute Gasteiger partial charge is 0.453 e. The molecule has 1 aromatic carbocycles. The molecule has 2 N–H and O–H groups in total. The molecule has 1 aromatic heterocycles. The average molecular weight is 533 g/mol. The van der Waals surface area contributed by atoms with E-state index in [9.17, 15) is 23.5 Å². The molecular weight excluding hydrogens is 498 g/mol. The molecule has 206 valence electrons. The lowest BCUT2D eigenvalue weighted by molar-refractivity contribution is -0.176. The molecule has 0 bridgehead atoms. The summed E-state index contributed by atoms with van der Waals surface area (Å²) in [5.74, 6) is -3.66.